The average molecular weight is 271 g/mol. The zero-order chi connectivity index (χ0) is 14.7. The molecule has 0 aliphatic rings. The first-order valence-corrected chi connectivity index (χ1v) is 5.27. The summed E-state index contributed by atoms with van der Waals surface area (Å²) < 4.78 is 1.02. The number of aliphatic carboxylic acids is 1. The molecule has 0 fully saturated rings. The molecule has 0 aromatic carbocycles. The molecule has 2 atom stereocenters. The third-order valence-electron chi connectivity index (χ3n) is 2.55. The Morgan fingerprint density at radius 1 is 1.47 bits per heavy atom. The Labute approximate surface area is 107 Å². The largest absolute Gasteiger partial charge is 0.480 e. The smallest absolute Gasteiger partial charge is 0.328 e. The minimum absolute atomic E-state index is 0.0707. The number of amides is 1. The van der Waals surface area contributed by atoms with Crippen molar-refractivity contribution in [3.05, 3.63) is 27.9 Å². The molecule has 0 aliphatic carbocycles. The molecule has 9 nitrogen and oxygen atoms in total. The van der Waals surface area contributed by atoms with E-state index in [1.807, 2.05) is 0 Å². The third kappa shape index (κ3) is 3.07. The molecule has 0 saturated carbocycles. The summed E-state index contributed by atoms with van der Waals surface area (Å²) in [5.74, 6) is -2.51. The number of rotatable bonds is 5. The second-order valence-electron chi connectivity index (χ2n) is 3.92. The fraction of sp³-hybridized carbons (Fsp3) is 0.400. The summed E-state index contributed by atoms with van der Waals surface area (Å²) in [5.41, 5.74) is -0.0707. The third-order valence-corrected chi connectivity index (χ3v) is 2.55. The van der Waals surface area contributed by atoms with Crippen LogP contribution < -0.4 is 5.32 Å². The van der Waals surface area contributed by atoms with Crippen molar-refractivity contribution in [2.75, 3.05) is 0 Å². The van der Waals surface area contributed by atoms with Crippen molar-refractivity contribution in [1.29, 1.82) is 0 Å². The fourth-order valence-electron chi connectivity index (χ4n) is 1.52. The Morgan fingerprint density at radius 2 is 2.05 bits per heavy atom. The summed E-state index contributed by atoms with van der Waals surface area (Å²) in [6.07, 6.45) is -1.29. The van der Waals surface area contributed by atoms with E-state index in [1.54, 1.807) is 0 Å². The highest BCUT2D eigenvalue weighted by molar-refractivity contribution is 5.95. The van der Waals surface area contributed by atoms with Gasteiger partial charge in [-0.1, -0.05) is 0 Å². The van der Waals surface area contributed by atoms with Gasteiger partial charge in [-0.15, -0.1) is 0 Å². The van der Waals surface area contributed by atoms with E-state index in [0.717, 1.165) is 10.6 Å². The number of carboxylic acid groups (broad SMARTS) is 1. The van der Waals surface area contributed by atoms with E-state index in [0.29, 0.717) is 0 Å². The molecule has 0 radical (unpaired) electrons. The molecule has 104 valence electrons. The van der Waals surface area contributed by atoms with E-state index < -0.39 is 28.9 Å². The number of nitro groups is 1. The summed E-state index contributed by atoms with van der Waals surface area (Å²) >= 11 is 0. The highest BCUT2D eigenvalue weighted by Gasteiger charge is 2.28. The molecule has 1 rings (SSSR count). The number of nitrogens with zero attached hydrogens (tertiary/aromatic N) is 2. The van der Waals surface area contributed by atoms with Gasteiger partial charge in [0, 0.05) is 6.07 Å². The SMILES string of the molecule is C[C@@H](O)[C@H](NC(=O)c1ccc([N+](=O)[O-])n1C)C(=O)O. The molecule has 0 bridgehead atoms. The predicted octanol–water partition coefficient (Wildman–Crippen LogP) is -0.503. The zero-order valence-corrected chi connectivity index (χ0v) is 10.2. The van der Waals surface area contributed by atoms with Crippen molar-refractivity contribution < 1.29 is 24.7 Å². The van der Waals surface area contributed by atoms with Crippen molar-refractivity contribution in [3.8, 4) is 0 Å². The number of hydrogen-bond donors (Lipinski definition) is 3. The van der Waals surface area contributed by atoms with E-state index in [2.05, 4.69) is 5.32 Å². The summed E-state index contributed by atoms with van der Waals surface area (Å²) in [6, 6.07) is 0.850. The monoisotopic (exact) mass is 271 g/mol. The molecule has 0 saturated heterocycles. The van der Waals surface area contributed by atoms with Crippen LogP contribution in [-0.4, -0.2) is 43.7 Å². The van der Waals surface area contributed by atoms with Crippen molar-refractivity contribution in [1.82, 2.24) is 9.88 Å². The van der Waals surface area contributed by atoms with Crippen molar-refractivity contribution >= 4 is 17.7 Å². The van der Waals surface area contributed by atoms with Gasteiger partial charge in [0.15, 0.2) is 11.7 Å². The highest BCUT2D eigenvalue weighted by atomic mass is 16.6. The quantitative estimate of drug-likeness (QED) is 0.488. The van der Waals surface area contributed by atoms with Crippen LogP contribution >= 0.6 is 0 Å². The van der Waals surface area contributed by atoms with Gasteiger partial charge < -0.3 is 25.6 Å². The molecule has 1 heterocycles. The van der Waals surface area contributed by atoms with Crippen LogP contribution in [0.1, 0.15) is 17.4 Å². The Bertz CT molecular complexity index is 521. The van der Waals surface area contributed by atoms with Gasteiger partial charge in [-0.2, -0.15) is 0 Å². The van der Waals surface area contributed by atoms with Gasteiger partial charge in [0.2, 0.25) is 0 Å². The van der Waals surface area contributed by atoms with Crippen LogP contribution in [0.5, 0.6) is 0 Å². The number of hydrogen-bond acceptors (Lipinski definition) is 5. The first-order chi connectivity index (χ1) is 8.75. The molecule has 0 spiro atoms. The number of carbonyl (C=O) groups is 2. The topological polar surface area (TPSA) is 135 Å². The number of aliphatic hydroxyl groups excluding tert-OH is 1. The van der Waals surface area contributed by atoms with Crippen LogP contribution in [0.3, 0.4) is 0 Å². The second-order valence-corrected chi connectivity index (χ2v) is 3.92. The molecular weight excluding hydrogens is 258 g/mol. The Kier molecular flexibility index (Phi) is 4.22. The van der Waals surface area contributed by atoms with E-state index in [4.69, 9.17) is 5.11 Å². The number of aliphatic hydroxyl groups is 1. The van der Waals surface area contributed by atoms with Crippen molar-refractivity contribution in [2.45, 2.75) is 19.1 Å². The lowest BCUT2D eigenvalue weighted by molar-refractivity contribution is -0.391. The number of carboxylic acids is 1. The fourth-order valence-corrected chi connectivity index (χ4v) is 1.52. The molecule has 1 aromatic rings. The van der Waals surface area contributed by atoms with Gasteiger partial charge in [0.05, 0.1) is 13.2 Å². The van der Waals surface area contributed by atoms with Crippen LogP contribution in [0.4, 0.5) is 5.82 Å². The Morgan fingerprint density at radius 3 is 2.42 bits per heavy atom. The number of aromatic nitrogens is 1. The maximum atomic E-state index is 11.8. The summed E-state index contributed by atoms with van der Waals surface area (Å²) in [7, 11) is 1.31. The standard InChI is InChI=1S/C10H13N3O6/c1-5(14)8(10(16)17)11-9(15)6-3-4-7(12(6)2)13(18)19/h3-5,8,14H,1-2H3,(H,11,15)(H,16,17)/t5-,8+/m1/s1. The van der Waals surface area contributed by atoms with Crippen LogP contribution in [0.25, 0.3) is 0 Å². The van der Waals surface area contributed by atoms with Crippen LogP contribution in [0, 0.1) is 10.1 Å². The maximum absolute atomic E-state index is 11.8. The van der Waals surface area contributed by atoms with Gasteiger partial charge in [0.1, 0.15) is 0 Å². The van der Waals surface area contributed by atoms with E-state index in [-0.39, 0.29) is 11.5 Å². The number of carbonyl (C=O) groups excluding carboxylic acids is 1. The molecule has 19 heavy (non-hydrogen) atoms. The van der Waals surface area contributed by atoms with E-state index >= 15 is 0 Å². The second kappa shape index (κ2) is 5.48. The zero-order valence-electron chi connectivity index (χ0n) is 10.2. The average Bonchev–Trinajstić information content (AvgIpc) is 2.66. The summed E-state index contributed by atoms with van der Waals surface area (Å²) in [4.78, 5) is 32.6. The minimum atomic E-state index is -1.48. The van der Waals surface area contributed by atoms with Crippen molar-refractivity contribution in [2.24, 2.45) is 7.05 Å². The lowest BCUT2D eigenvalue weighted by atomic mass is 10.2. The molecule has 9 heteroatoms. The highest BCUT2D eigenvalue weighted by Crippen LogP contribution is 2.15. The lowest BCUT2D eigenvalue weighted by Crippen LogP contribution is -2.48. The van der Waals surface area contributed by atoms with Gasteiger partial charge in [-0.25, -0.2) is 9.36 Å². The molecule has 1 amide bonds. The van der Waals surface area contributed by atoms with Gasteiger partial charge in [0.25, 0.3) is 5.91 Å². The van der Waals surface area contributed by atoms with Gasteiger partial charge in [-0.3, -0.25) is 4.79 Å². The van der Waals surface area contributed by atoms with E-state index in [1.165, 1.54) is 20.0 Å². The molecule has 0 unspecified atom stereocenters. The number of nitrogens with one attached hydrogen (secondary N) is 1. The normalized spacial score (nSPS) is 13.6. The summed E-state index contributed by atoms with van der Waals surface area (Å²) in [6.45, 7) is 1.21. The maximum Gasteiger partial charge on any atom is 0.328 e. The first-order valence-electron chi connectivity index (χ1n) is 5.27. The van der Waals surface area contributed by atoms with Crippen molar-refractivity contribution in [3.63, 3.8) is 0 Å². The molecule has 1 aromatic heterocycles. The summed E-state index contributed by atoms with van der Waals surface area (Å²) in [5, 5.41) is 30.8. The Balaban J connectivity index is 2.95. The minimum Gasteiger partial charge on any atom is -0.480 e. The Hall–Kier alpha value is -2.42. The molecule has 3 N–H and O–H groups in total. The van der Waals surface area contributed by atoms with Gasteiger partial charge in [-0.05, 0) is 17.9 Å². The lowest BCUT2D eigenvalue weighted by Gasteiger charge is -2.16. The van der Waals surface area contributed by atoms with Crippen LogP contribution in [0.2, 0.25) is 0 Å². The predicted molar refractivity (Wildman–Crippen MR) is 62.6 cm³/mol. The first kappa shape index (κ1) is 14.6. The van der Waals surface area contributed by atoms with Crippen LogP contribution in [-0.2, 0) is 11.8 Å². The van der Waals surface area contributed by atoms with Crippen LogP contribution in [0.15, 0.2) is 12.1 Å². The van der Waals surface area contributed by atoms with E-state index in [9.17, 15) is 24.8 Å². The molecule has 0 aliphatic heterocycles. The van der Waals surface area contributed by atoms with Gasteiger partial charge >= 0.3 is 11.8 Å². The molecular formula is C10H13N3O6.